The molecule has 0 aliphatic carbocycles. The minimum Gasteiger partial charge on any atom is -0.333 e. The molecule has 3 aromatic heterocycles. The minimum absolute atomic E-state index is 0.0704. The predicted octanol–water partition coefficient (Wildman–Crippen LogP) is 2.69. The minimum atomic E-state index is -0.0704. The maximum Gasteiger partial charge on any atom is 0.329 e. The number of imidazole rings is 1. The highest BCUT2D eigenvalue weighted by Crippen LogP contribution is 2.25. The summed E-state index contributed by atoms with van der Waals surface area (Å²) in [5, 5.41) is 4.02. The molecule has 0 amide bonds. The van der Waals surface area contributed by atoms with Gasteiger partial charge in [0.15, 0.2) is 5.82 Å². The zero-order valence-electron chi connectivity index (χ0n) is 13.3. The van der Waals surface area contributed by atoms with E-state index in [4.69, 9.17) is 4.52 Å². The van der Waals surface area contributed by atoms with Crippen molar-refractivity contribution in [1.29, 1.82) is 0 Å². The van der Waals surface area contributed by atoms with E-state index in [0.29, 0.717) is 18.3 Å². The van der Waals surface area contributed by atoms with Crippen LogP contribution in [-0.2, 0) is 13.1 Å². The summed E-state index contributed by atoms with van der Waals surface area (Å²) in [7, 11) is 0. The quantitative estimate of drug-likeness (QED) is 0.570. The van der Waals surface area contributed by atoms with Crippen LogP contribution >= 0.6 is 11.3 Å². The van der Waals surface area contributed by atoms with Gasteiger partial charge in [-0.1, -0.05) is 17.3 Å². The first-order chi connectivity index (χ1) is 11.7. The van der Waals surface area contributed by atoms with Crippen molar-refractivity contribution in [3.05, 3.63) is 51.8 Å². The Morgan fingerprint density at radius 1 is 1.21 bits per heavy atom. The van der Waals surface area contributed by atoms with Crippen molar-refractivity contribution < 1.29 is 4.52 Å². The van der Waals surface area contributed by atoms with Crippen LogP contribution in [0.5, 0.6) is 0 Å². The number of benzene rings is 1. The van der Waals surface area contributed by atoms with Crippen LogP contribution in [0.25, 0.3) is 21.8 Å². The van der Waals surface area contributed by atoms with Crippen LogP contribution in [0.1, 0.15) is 18.4 Å². The number of hydrogen-bond donors (Lipinski definition) is 0. The molecule has 3 heterocycles. The Morgan fingerprint density at radius 3 is 2.62 bits per heavy atom. The molecule has 4 rings (SSSR count). The molecule has 0 saturated carbocycles. The molecule has 122 valence electrons. The van der Waals surface area contributed by atoms with Crippen molar-refractivity contribution in [3.63, 3.8) is 0 Å². The first kappa shape index (κ1) is 14.8. The highest BCUT2D eigenvalue weighted by molar-refractivity contribution is 7.13. The van der Waals surface area contributed by atoms with Gasteiger partial charge in [-0.25, -0.2) is 9.78 Å². The standard InChI is InChI=1S/C16H15N5O2S/c1-3-20-11-6-4-5-7-12(11)21(16(20)22)8-13-18-15(23-19-13)14-10(2)17-9-24-14/h4-7,9H,3,8H2,1-2H3. The van der Waals surface area contributed by atoms with E-state index in [2.05, 4.69) is 15.1 Å². The Balaban J connectivity index is 1.76. The molecule has 24 heavy (non-hydrogen) atoms. The Morgan fingerprint density at radius 2 is 1.96 bits per heavy atom. The maximum atomic E-state index is 12.6. The van der Waals surface area contributed by atoms with Crippen molar-refractivity contribution in [2.24, 2.45) is 0 Å². The largest absolute Gasteiger partial charge is 0.333 e. The number of hydrogen-bond acceptors (Lipinski definition) is 6. The van der Waals surface area contributed by atoms with E-state index in [1.807, 2.05) is 38.1 Å². The van der Waals surface area contributed by atoms with Gasteiger partial charge in [0.1, 0.15) is 4.88 Å². The molecule has 0 atom stereocenters. The average Bonchev–Trinajstić information content (AvgIpc) is 3.27. The zero-order chi connectivity index (χ0) is 16.7. The number of aromatic nitrogens is 5. The summed E-state index contributed by atoms with van der Waals surface area (Å²) in [6.07, 6.45) is 0. The van der Waals surface area contributed by atoms with Crippen molar-refractivity contribution in [3.8, 4) is 10.8 Å². The number of nitrogens with zero attached hydrogens (tertiary/aromatic N) is 5. The van der Waals surface area contributed by atoms with Gasteiger partial charge >= 0.3 is 5.69 Å². The van der Waals surface area contributed by atoms with Gasteiger partial charge in [-0.2, -0.15) is 4.98 Å². The summed E-state index contributed by atoms with van der Waals surface area (Å²) in [5.74, 6) is 0.913. The molecule has 0 N–H and O–H groups in total. The topological polar surface area (TPSA) is 78.7 Å². The monoisotopic (exact) mass is 341 g/mol. The fraction of sp³-hybridized carbons (Fsp3) is 0.250. The van der Waals surface area contributed by atoms with E-state index in [1.165, 1.54) is 11.3 Å². The van der Waals surface area contributed by atoms with Crippen molar-refractivity contribution >= 4 is 22.4 Å². The molecule has 0 radical (unpaired) electrons. The molecule has 0 saturated heterocycles. The fourth-order valence-electron chi connectivity index (χ4n) is 2.79. The predicted molar refractivity (Wildman–Crippen MR) is 91.1 cm³/mol. The van der Waals surface area contributed by atoms with E-state index in [-0.39, 0.29) is 12.2 Å². The molecule has 0 aliphatic heterocycles. The van der Waals surface area contributed by atoms with Gasteiger partial charge < -0.3 is 4.52 Å². The van der Waals surface area contributed by atoms with E-state index in [0.717, 1.165) is 21.6 Å². The van der Waals surface area contributed by atoms with Crippen LogP contribution < -0.4 is 5.69 Å². The second kappa shape index (κ2) is 5.72. The average molecular weight is 341 g/mol. The second-order valence-corrected chi connectivity index (χ2v) is 6.24. The van der Waals surface area contributed by atoms with E-state index < -0.39 is 0 Å². The van der Waals surface area contributed by atoms with Gasteiger partial charge in [-0.05, 0) is 26.0 Å². The van der Waals surface area contributed by atoms with Gasteiger partial charge in [-0.15, -0.1) is 11.3 Å². The van der Waals surface area contributed by atoms with Crippen LogP contribution in [0.3, 0.4) is 0 Å². The number of aryl methyl sites for hydroxylation is 2. The molecule has 0 spiro atoms. The molecule has 0 bridgehead atoms. The Labute approximate surface area is 141 Å². The molecule has 0 unspecified atom stereocenters. The van der Waals surface area contributed by atoms with Crippen molar-refractivity contribution in [2.75, 3.05) is 0 Å². The van der Waals surface area contributed by atoms with Gasteiger partial charge in [-0.3, -0.25) is 9.13 Å². The number of para-hydroxylation sites is 2. The third kappa shape index (κ3) is 2.26. The molecule has 8 heteroatoms. The van der Waals surface area contributed by atoms with E-state index in [9.17, 15) is 4.79 Å². The molecule has 0 aliphatic rings. The van der Waals surface area contributed by atoms with Crippen LogP contribution in [-0.4, -0.2) is 24.3 Å². The van der Waals surface area contributed by atoms with Crippen molar-refractivity contribution in [1.82, 2.24) is 24.3 Å². The number of fused-ring (bicyclic) bond motifs is 1. The normalized spacial score (nSPS) is 11.4. The van der Waals surface area contributed by atoms with Crippen LogP contribution in [0.4, 0.5) is 0 Å². The van der Waals surface area contributed by atoms with Gasteiger partial charge in [0, 0.05) is 6.54 Å². The van der Waals surface area contributed by atoms with Crippen LogP contribution in [0.15, 0.2) is 39.1 Å². The Bertz CT molecular complexity index is 1070. The van der Waals surface area contributed by atoms with Crippen LogP contribution in [0, 0.1) is 6.92 Å². The smallest absolute Gasteiger partial charge is 0.329 e. The van der Waals surface area contributed by atoms with E-state index in [1.54, 1.807) is 14.6 Å². The third-order valence-corrected chi connectivity index (χ3v) is 4.87. The van der Waals surface area contributed by atoms with Gasteiger partial charge in [0.25, 0.3) is 5.89 Å². The molecule has 7 nitrogen and oxygen atoms in total. The molecular weight excluding hydrogens is 326 g/mol. The Kier molecular flexibility index (Phi) is 3.53. The highest BCUT2D eigenvalue weighted by Gasteiger charge is 2.17. The third-order valence-electron chi connectivity index (χ3n) is 3.95. The SMILES string of the molecule is CCn1c(=O)n(Cc2noc(-c3scnc3C)n2)c2ccccc21. The summed E-state index contributed by atoms with van der Waals surface area (Å²) in [4.78, 5) is 22.1. The summed E-state index contributed by atoms with van der Waals surface area (Å²) >= 11 is 1.46. The molecular formula is C16H15N5O2S. The first-order valence-corrected chi connectivity index (χ1v) is 8.48. The van der Waals surface area contributed by atoms with Gasteiger partial charge in [0.05, 0.1) is 28.8 Å². The zero-order valence-corrected chi connectivity index (χ0v) is 14.1. The van der Waals surface area contributed by atoms with E-state index >= 15 is 0 Å². The highest BCUT2D eigenvalue weighted by atomic mass is 32.1. The van der Waals surface area contributed by atoms with Gasteiger partial charge in [0.2, 0.25) is 0 Å². The lowest BCUT2D eigenvalue weighted by Gasteiger charge is -1.97. The summed E-state index contributed by atoms with van der Waals surface area (Å²) in [5.41, 5.74) is 4.30. The lowest BCUT2D eigenvalue weighted by atomic mass is 10.3. The van der Waals surface area contributed by atoms with Crippen LogP contribution in [0.2, 0.25) is 0 Å². The fourth-order valence-corrected chi connectivity index (χ4v) is 3.51. The van der Waals surface area contributed by atoms with Crippen molar-refractivity contribution in [2.45, 2.75) is 26.9 Å². The lowest BCUT2D eigenvalue weighted by Crippen LogP contribution is -2.24. The number of thiazole rings is 1. The Hall–Kier alpha value is -2.74. The molecule has 0 fully saturated rings. The lowest BCUT2D eigenvalue weighted by molar-refractivity contribution is 0.421. The summed E-state index contributed by atoms with van der Waals surface area (Å²) in [6, 6.07) is 7.72. The maximum absolute atomic E-state index is 12.6. The second-order valence-electron chi connectivity index (χ2n) is 5.38. The summed E-state index contributed by atoms with van der Waals surface area (Å²) in [6.45, 7) is 4.74. The molecule has 4 aromatic rings. The molecule has 1 aromatic carbocycles. The summed E-state index contributed by atoms with van der Waals surface area (Å²) < 4.78 is 8.75. The first-order valence-electron chi connectivity index (χ1n) is 7.60. The number of rotatable bonds is 4.